The molecule has 0 aliphatic carbocycles. The van der Waals surface area contributed by atoms with Crippen molar-refractivity contribution in [2.75, 3.05) is 13.1 Å². The van der Waals surface area contributed by atoms with Gasteiger partial charge in [0.25, 0.3) is 0 Å². The van der Waals surface area contributed by atoms with Gasteiger partial charge in [-0.3, -0.25) is 4.79 Å². The molecule has 0 aromatic heterocycles. The summed E-state index contributed by atoms with van der Waals surface area (Å²) < 4.78 is 36.7. The molecule has 1 amide bonds. The average Bonchev–Trinajstić information content (AvgIpc) is 2.49. The molecule has 1 heterocycles. The molecule has 2 atom stereocenters. The van der Waals surface area contributed by atoms with Crippen molar-refractivity contribution in [3.05, 3.63) is 0 Å². The first kappa shape index (κ1) is 11.3. The van der Waals surface area contributed by atoms with Crippen molar-refractivity contribution in [2.24, 2.45) is 11.7 Å². The Morgan fingerprint density at radius 1 is 1.57 bits per heavy atom. The van der Waals surface area contributed by atoms with Crippen LogP contribution in [0.5, 0.6) is 0 Å². The van der Waals surface area contributed by atoms with Crippen LogP contribution in [0.25, 0.3) is 0 Å². The van der Waals surface area contributed by atoms with E-state index < -0.39 is 24.0 Å². The topological polar surface area (TPSA) is 46.3 Å². The van der Waals surface area contributed by atoms with E-state index >= 15 is 0 Å². The van der Waals surface area contributed by atoms with Crippen molar-refractivity contribution < 1.29 is 18.0 Å². The van der Waals surface area contributed by atoms with Gasteiger partial charge in [-0.15, -0.1) is 0 Å². The fraction of sp³-hybridized carbons (Fsp3) is 0.875. The number of hydrogen-bond acceptors (Lipinski definition) is 2. The number of hydrogen-bond donors (Lipinski definition) is 1. The number of halogens is 3. The number of carbonyl (C=O) groups excluding carboxylic acids is 1. The summed E-state index contributed by atoms with van der Waals surface area (Å²) in [7, 11) is 0. The second kappa shape index (κ2) is 3.76. The minimum Gasteiger partial charge on any atom is -0.341 e. The molecule has 0 bridgehead atoms. The lowest BCUT2D eigenvalue weighted by molar-refractivity contribution is -0.171. The summed E-state index contributed by atoms with van der Waals surface area (Å²) >= 11 is 0. The van der Waals surface area contributed by atoms with Gasteiger partial charge in [0.15, 0.2) is 0 Å². The third-order valence-electron chi connectivity index (χ3n) is 2.35. The molecule has 1 rings (SSSR count). The van der Waals surface area contributed by atoms with Gasteiger partial charge in [0, 0.05) is 13.1 Å². The highest BCUT2D eigenvalue weighted by molar-refractivity contribution is 5.81. The van der Waals surface area contributed by atoms with E-state index in [1.54, 1.807) is 0 Å². The standard InChI is InChI=1S/C8H13F3N2O/c1-5(12)7(14)13-3-2-6(4-13)8(9,10)11/h5-6H,2-4,12H2,1H3/t5-,6+/m0/s1. The maximum Gasteiger partial charge on any atom is 0.393 e. The predicted octanol–water partition coefficient (Wildman–Crippen LogP) is 0.744. The minimum atomic E-state index is -4.20. The zero-order valence-corrected chi connectivity index (χ0v) is 7.84. The Kier molecular flexibility index (Phi) is 3.04. The van der Waals surface area contributed by atoms with Crippen LogP contribution in [0.2, 0.25) is 0 Å². The number of alkyl halides is 3. The highest BCUT2D eigenvalue weighted by Crippen LogP contribution is 2.33. The van der Waals surface area contributed by atoms with Crippen molar-refractivity contribution in [3.63, 3.8) is 0 Å². The maximum absolute atomic E-state index is 12.2. The normalized spacial score (nSPS) is 25.2. The van der Waals surface area contributed by atoms with Gasteiger partial charge >= 0.3 is 6.18 Å². The summed E-state index contributed by atoms with van der Waals surface area (Å²) in [4.78, 5) is 12.4. The number of carbonyl (C=O) groups is 1. The summed E-state index contributed by atoms with van der Waals surface area (Å²) in [5, 5.41) is 0. The van der Waals surface area contributed by atoms with Crippen LogP contribution >= 0.6 is 0 Å². The molecule has 2 N–H and O–H groups in total. The number of rotatable bonds is 1. The maximum atomic E-state index is 12.2. The lowest BCUT2D eigenvalue weighted by atomic mass is 10.1. The zero-order valence-electron chi connectivity index (χ0n) is 7.84. The molecular weight excluding hydrogens is 197 g/mol. The van der Waals surface area contributed by atoms with Crippen molar-refractivity contribution in [1.29, 1.82) is 0 Å². The number of nitrogens with zero attached hydrogens (tertiary/aromatic N) is 1. The number of nitrogens with two attached hydrogens (primary N) is 1. The van der Waals surface area contributed by atoms with Crippen LogP contribution in [0.3, 0.4) is 0 Å². The Labute approximate surface area is 80.0 Å². The molecule has 0 aromatic carbocycles. The molecule has 0 unspecified atom stereocenters. The van der Waals surface area contributed by atoms with Gasteiger partial charge in [0.05, 0.1) is 12.0 Å². The van der Waals surface area contributed by atoms with Crippen molar-refractivity contribution in [2.45, 2.75) is 25.6 Å². The molecule has 1 fully saturated rings. The summed E-state index contributed by atoms with van der Waals surface area (Å²) in [6, 6.07) is -0.720. The van der Waals surface area contributed by atoms with Gasteiger partial charge in [-0.05, 0) is 13.3 Å². The lowest BCUT2D eigenvalue weighted by Gasteiger charge is -2.19. The summed E-state index contributed by atoms with van der Waals surface area (Å²) in [6.45, 7) is 1.39. The molecule has 1 aliphatic rings. The average molecular weight is 210 g/mol. The SMILES string of the molecule is C[C@H](N)C(=O)N1CC[C@@H](C(F)(F)F)C1. The second-order valence-electron chi connectivity index (χ2n) is 3.60. The summed E-state index contributed by atoms with van der Waals surface area (Å²) in [6.07, 6.45) is -4.21. The van der Waals surface area contributed by atoms with E-state index in [1.807, 2.05) is 0 Å². The minimum absolute atomic E-state index is 0.0119. The largest absolute Gasteiger partial charge is 0.393 e. The second-order valence-corrected chi connectivity index (χ2v) is 3.60. The molecule has 1 aliphatic heterocycles. The smallest absolute Gasteiger partial charge is 0.341 e. The first-order chi connectivity index (χ1) is 6.32. The summed E-state index contributed by atoms with van der Waals surface area (Å²) in [5.41, 5.74) is 5.30. The molecule has 14 heavy (non-hydrogen) atoms. The highest BCUT2D eigenvalue weighted by atomic mass is 19.4. The Hall–Kier alpha value is -0.780. The van der Waals surface area contributed by atoms with Crippen LogP contribution in [-0.2, 0) is 4.79 Å². The van der Waals surface area contributed by atoms with Crippen molar-refractivity contribution >= 4 is 5.91 Å². The molecule has 0 spiro atoms. The third kappa shape index (κ3) is 2.37. The van der Waals surface area contributed by atoms with E-state index in [9.17, 15) is 18.0 Å². The van der Waals surface area contributed by atoms with Crippen LogP contribution in [-0.4, -0.2) is 36.1 Å². The van der Waals surface area contributed by atoms with Gasteiger partial charge in [0.1, 0.15) is 0 Å². The Morgan fingerprint density at radius 2 is 2.14 bits per heavy atom. The molecular formula is C8H13F3N2O. The molecule has 0 aromatic rings. The lowest BCUT2D eigenvalue weighted by Crippen LogP contribution is -2.41. The Morgan fingerprint density at radius 3 is 2.50 bits per heavy atom. The van der Waals surface area contributed by atoms with Gasteiger partial charge in [-0.2, -0.15) is 13.2 Å². The number of amides is 1. The Balaban J connectivity index is 2.54. The molecule has 0 radical (unpaired) electrons. The van der Waals surface area contributed by atoms with Crippen LogP contribution in [0.15, 0.2) is 0 Å². The van der Waals surface area contributed by atoms with E-state index in [-0.39, 0.29) is 19.5 Å². The van der Waals surface area contributed by atoms with Crippen molar-refractivity contribution in [1.82, 2.24) is 4.90 Å². The van der Waals surface area contributed by atoms with Gasteiger partial charge in [-0.25, -0.2) is 0 Å². The van der Waals surface area contributed by atoms with E-state index in [1.165, 1.54) is 11.8 Å². The summed E-state index contributed by atoms with van der Waals surface area (Å²) in [5.74, 6) is -1.79. The zero-order chi connectivity index (χ0) is 10.9. The van der Waals surface area contributed by atoms with Crippen LogP contribution in [0.1, 0.15) is 13.3 Å². The molecule has 6 heteroatoms. The first-order valence-electron chi connectivity index (χ1n) is 4.43. The molecule has 82 valence electrons. The number of likely N-dealkylation sites (tertiary alicyclic amines) is 1. The third-order valence-corrected chi connectivity index (χ3v) is 2.35. The monoisotopic (exact) mass is 210 g/mol. The molecule has 1 saturated heterocycles. The predicted molar refractivity (Wildman–Crippen MR) is 44.4 cm³/mol. The molecule has 0 saturated carbocycles. The van der Waals surface area contributed by atoms with Crippen LogP contribution in [0.4, 0.5) is 13.2 Å². The Bertz CT molecular complexity index is 227. The first-order valence-corrected chi connectivity index (χ1v) is 4.43. The highest BCUT2D eigenvalue weighted by Gasteiger charge is 2.44. The van der Waals surface area contributed by atoms with E-state index in [0.717, 1.165) is 0 Å². The molecule has 3 nitrogen and oxygen atoms in total. The van der Waals surface area contributed by atoms with Crippen molar-refractivity contribution in [3.8, 4) is 0 Å². The van der Waals surface area contributed by atoms with E-state index in [0.29, 0.717) is 0 Å². The van der Waals surface area contributed by atoms with Gasteiger partial charge in [0.2, 0.25) is 5.91 Å². The van der Waals surface area contributed by atoms with Gasteiger partial charge in [-0.1, -0.05) is 0 Å². The quantitative estimate of drug-likeness (QED) is 0.694. The van der Waals surface area contributed by atoms with E-state index in [2.05, 4.69) is 0 Å². The fourth-order valence-electron chi connectivity index (χ4n) is 1.52. The fourth-order valence-corrected chi connectivity index (χ4v) is 1.52. The van der Waals surface area contributed by atoms with Crippen LogP contribution in [0, 0.1) is 5.92 Å². The van der Waals surface area contributed by atoms with Gasteiger partial charge < -0.3 is 10.6 Å². The van der Waals surface area contributed by atoms with Crippen LogP contribution < -0.4 is 5.73 Å². The van der Waals surface area contributed by atoms with E-state index in [4.69, 9.17) is 5.73 Å².